The van der Waals surface area contributed by atoms with Gasteiger partial charge in [0.25, 0.3) is 0 Å². The van der Waals surface area contributed by atoms with E-state index in [2.05, 4.69) is 55.6 Å². The lowest BCUT2D eigenvalue weighted by molar-refractivity contribution is -0.870. The van der Waals surface area contributed by atoms with E-state index >= 15 is 0 Å². The van der Waals surface area contributed by atoms with Gasteiger partial charge in [0.1, 0.15) is 13.2 Å². The number of carbonyl (C=O) groups excluding carboxylic acids is 1. The van der Waals surface area contributed by atoms with E-state index in [0.29, 0.717) is 17.4 Å². The standard InChI is InChI=1S/C41H77N2O6P/c1-6-8-10-12-14-16-17-18-19-20-21-22-23-24-25-27-29-31-33-35-41(45)42-39(38-49-50(46,47)48-37-36-43(3,4)5)40(44)34-32-30-28-26-15-13-11-9-7-2/h14-18,26,32,34,39-40,44H,6-13,19-25,27-31,33,35-38H2,1-5H3,(H-,42,45,46,47)/p+1/b16-14-,18-17-,26-15+,34-32+. The molecule has 292 valence electrons. The molecule has 0 aromatic carbocycles. The topological polar surface area (TPSA) is 105 Å². The van der Waals surface area contributed by atoms with E-state index in [1.165, 1.54) is 96.3 Å². The fraction of sp³-hybridized carbons (Fsp3) is 0.780. The molecule has 3 unspecified atom stereocenters. The zero-order chi connectivity index (χ0) is 37.2. The molecule has 0 fully saturated rings. The maximum Gasteiger partial charge on any atom is 0.472 e. The van der Waals surface area contributed by atoms with Crippen molar-refractivity contribution in [3.8, 4) is 0 Å². The molecule has 0 aromatic heterocycles. The van der Waals surface area contributed by atoms with Gasteiger partial charge in [-0.2, -0.15) is 0 Å². The number of hydrogen-bond acceptors (Lipinski definition) is 5. The Morgan fingerprint density at radius 2 is 1.16 bits per heavy atom. The van der Waals surface area contributed by atoms with Crippen LogP contribution in [-0.2, 0) is 18.4 Å². The maximum atomic E-state index is 12.8. The monoisotopic (exact) mass is 726 g/mol. The molecule has 0 aromatic rings. The Bertz CT molecular complexity index is 959. The number of hydrogen-bond donors (Lipinski definition) is 3. The summed E-state index contributed by atoms with van der Waals surface area (Å²) in [6.45, 7) is 4.68. The average Bonchev–Trinajstić information content (AvgIpc) is 3.06. The van der Waals surface area contributed by atoms with Crippen molar-refractivity contribution in [1.29, 1.82) is 0 Å². The maximum absolute atomic E-state index is 12.8. The Kier molecular flexibility index (Phi) is 32.3. The van der Waals surface area contributed by atoms with Crippen LogP contribution in [0.15, 0.2) is 48.6 Å². The van der Waals surface area contributed by atoms with Gasteiger partial charge in [-0.15, -0.1) is 0 Å². The zero-order valence-electron chi connectivity index (χ0n) is 32.9. The Balaban J connectivity index is 4.40. The molecule has 3 atom stereocenters. The van der Waals surface area contributed by atoms with Gasteiger partial charge in [0, 0.05) is 6.42 Å². The molecule has 1 amide bonds. The fourth-order valence-corrected chi connectivity index (χ4v) is 6.02. The van der Waals surface area contributed by atoms with E-state index in [-0.39, 0.29) is 19.1 Å². The minimum Gasteiger partial charge on any atom is -0.387 e. The number of aliphatic hydroxyl groups is 1. The van der Waals surface area contributed by atoms with Crippen molar-refractivity contribution in [3.05, 3.63) is 48.6 Å². The van der Waals surface area contributed by atoms with Gasteiger partial charge in [0.05, 0.1) is 39.9 Å². The van der Waals surface area contributed by atoms with Crippen molar-refractivity contribution in [2.24, 2.45) is 0 Å². The molecular weight excluding hydrogens is 647 g/mol. The van der Waals surface area contributed by atoms with Gasteiger partial charge in [-0.25, -0.2) is 4.57 Å². The van der Waals surface area contributed by atoms with Crippen LogP contribution in [0.3, 0.4) is 0 Å². The molecule has 9 heteroatoms. The van der Waals surface area contributed by atoms with Crippen LogP contribution in [0.5, 0.6) is 0 Å². The molecule has 0 aliphatic carbocycles. The number of amides is 1. The lowest BCUT2D eigenvalue weighted by Gasteiger charge is -2.25. The Morgan fingerprint density at radius 3 is 1.72 bits per heavy atom. The number of unbranched alkanes of at least 4 members (excludes halogenated alkanes) is 17. The van der Waals surface area contributed by atoms with Crippen LogP contribution < -0.4 is 5.32 Å². The second-order valence-electron chi connectivity index (χ2n) is 14.7. The van der Waals surface area contributed by atoms with Gasteiger partial charge in [-0.1, -0.05) is 140 Å². The summed E-state index contributed by atoms with van der Waals surface area (Å²) in [5.41, 5.74) is 0. The van der Waals surface area contributed by atoms with Crippen molar-refractivity contribution >= 4 is 13.7 Å². The van der Waals surface area contributed by atoms with Gasteiger partial charge in [-0.3, -0.25) is 13.8 Å². The number of nitrogens with one attached hydrogen (secondary N) is 1. The lowest BCUT2D eigenvalue weighted by atomic mass is 10.0. The minimum absolute atomic E-state index is 0.0537. The molecule has 0 aliphatic heterocycles. The van der Waals surface area contributed by atoms with Crippen LogP contribution in [0.4, 0.5) is 0 Å². The third kappa shape index (κ3) is 34.9. The predicted octanol–water partition coefficient (Wildman–Crippen LogP) is 10.5. The number of quaternary nitrogens is 1. The van der Waals surface area contributed by atoms with E-state index in [4.69, 9.17) is 9.05 Å². The van der Waals surface area contributed by atoms with Crippen LogP contribution in [0.25, 0.3) is 0 Å². The summed E-state index contributed by atoms with van der Waals surface area (Å²) in [4.78, 5) is 23.0. The summed E-state index contributed by atoms with van der Waals surface area (Å²) < 4.78 is 23.4. The van der Waals surface area contributed by atoms with Crippen LogP contribution in [0.2, 0.25) is 0 Å². The molecule has 8 nitrogen and oxygen atoms in total. The summed E-state index contributed by atoms with van der Waals surface area (Å²) in [5.74, 6) is -0.197. The molecule has 50 heavy (non-hydrogen) atoms. The molecule has 0 bridgehead atoms. The third-order valence-corrected chi connectivity index (χ3v) is 9.53. The first-order valence-electron chi connectivity index (χ1n) is 20.0. The highest BCUT2D eigenvalue weighted by atomic mass is 31.2. The van der Waals surface area contributed by atoms with E-state index in [1.807, 2.05) is 27.2 Å². The Labute approximate surface area is 308 Å². The number of phosphoric ester groups is 1. The number of phosphoric acid groups is 1. The molecule has 0 rings (SSSR count). The second kappa shape index (κ2) is 33.3. The van der Waals surface area contributed by atoms with E-state index in [1.54, 1.807) is 6.08 Å². The largest absolute Gasteiger partial charge is 0.472 e. The van der Waals surface area contributed by atoms with Crippen LogP contribution in [-0.4, -0.2) is 73.4 Å². The van der Waals surface area contributed by atoms with Crippen LogP contribution >= 0.6 is 7.82 Å². The van der Waals surface area contributed by atoms with Crippen LogP contribution in [0.1, 0.15) is 155 Å². The molecule has 0 heterocycles. The summed E-state index contributed by atoms with van der Waals surface area (Å²) in [5, 5.41) is 13.7. The molecular formula is C41H78N2O6P+. The van der Waals surface area contributed by atoms with Crippen molar-refractivity contribution < 1.29 is 32.9 Å². The summed E-state index contributed by atoms with van der Waals surface area (Å²) in [6.07, 6.45) is 40.4. The van der Waals surface area contributed by atoms with Crippen molar-refractivity contribution in [3.63, 3.8) is 0 Å². The predicted molar refractivity (Wildman–Crippen MR) is 212 cm³/mol. The smallest absolute Gasteiger partial charge is 0.387 e. The average molecular weight is 726 g/mol. The first kappa shape index (κ1) is 48.5. The highest BCUT2D eigenvalue weighted by Crippen LogP contribution is 2.43. The highest BCUT2D eigenvalue weighted by Gasteiger charge is 2.27. The molecule has 0 aliphatic rings. The zero-order valence-corrected chi connectivity index (χ0v) is 33.8. The first-order chi connectivity index (χ1) is 24.0. The number of nitrogens with zero attached hydrogens (tertiary/aromatic N) is 1. The number of carbonyl (C=O) groups is 1. The van der Waals surface area contributed by atoms with E-state index in [0.717, 1.165) is 38.5 Å². The summed E-state index contributed by atoms with van der Waals surface area (Å²) in [7, 11) is 1.54. The highest BCUT2D eigenvalue weighted by molar-refractivity contribution is 7.47. The Morgan fingerprint density at radius 1 is 0.680 bits per heavy atom. The summed E-state index contributed by atoms with van der Waals surface area (Å²) >= 11 is 0. The number of aliphatic hydroxyl groups excluding tert-OH is 1. The molecule has 0 spiro atoms. The second-order valence-corrected chi connectivity index (χ2v) is 16.1. The first-order valence-corrected chi connectivity index (χ1v) is 21.5. The number of allylic oxidation sites excluding steroid dienone is 7. The molecule has 0 radical (unpaired) electrons. The van der Waals surface area contributed by atoms with Gasteiger partial charge in [0.15, 0.2) is 0 Å². The quantitative estimate of drug-likeness (QED) is 0.0198. The fourth-order valence-electron chi connectivity index (χ4n) is 5.28. The van der Waals surface area contributed by atoms with Gasteiger partial charge >= 0.3 is 7.82 Å². The van der Waals surface area contributed by atoms with Crippen molar-refractivity contribution in [2.75, 3.05) is 40.9 Å². The number of rotatable bonds is 35. The number of likely N-dealkylation sites (N-methyl/N-ethyl adjacent to an activating group) is 1. The SMILES string of the molecule is CCCCC/C=C\C=C/CCCCCCCCCCCCC(=O)NC(COP(=O)(O)OCC[N+](C)(C)C)C(O)/C=C/CC/C=C/CCCCC. The van der Waals surface area contributed by atoms with E-state index < -0.39 is 20.0 Å². The van der Waals surface area contributed by atoms with Crippen molar-refractivity contribution in [1.82, 2.24) is 5.32 Å². The van der Waals surface area contributed by atoms with E-state index in [9.17, 15) is 19.4 Å². The molecule has 0 saturated carbocycles. The molecule has 0 saturated heterocycles. The minimum atomic E-state index is -4.34. The van der Waals surface area contributed by atoms with Gasteiger partial charge in [-0.05, 0) is 57.8 Å². The Hall–Kier alpha value is -1.54. The van der Waals surface area contributed by atoms with Crippen LogP contribution in [0, 0.1) is 0 Å². The third-order valence-electron chi connectivity index (χ3n) is 8.55. The normalized spacial score (nSPS) is 15.1. The van der Waals surface area contributed by atoms with Gasteiger partial charge < -0.3 is 19.8 Å². The van der Waals surface area contributed by atoms with Gasteiger partial charge in [0.2, 0.25) is 5.91 Å². The lowest BCUT2D eigenvalue weighted by Crippen LogP contribution is -2.45. The summed E-state index contributed by atoms with van der Waals surface area (Å²) in [6, 6.07) is -0.862. The molecule has 3 N–H and O–H groups in total. The van der Waals surface area contributed by atoms with Crippen molar-refractivity contribution in [2.45, 2.75) is 167 Å².